The first-order valence-corrected chi connectivity index (χ1v) is 7.07. The summed E-state index contributed by atoms with van der Waals surface area (Å²) in [7, 11) is 1.96. The Morgan fingerprint density at radius 3 is 2.00 bits per heavy atom. The Bertz CT molecular complexity index is 103. The second-order valence-corrected chi connectivity index (χ2v) is 4.64. The average Bonchev–Trinajstić information content (AvgIpc) is 2.29. The molecule has 0 rings (SSSR count). The number of hydrogen-bond acceptors (Lipinski definition) is 2. The van der Waals surface area contributed by atoms with Crippen molar-refractivity contribution in [3.63, 3.8) is 0 Å². The molecule has 2 nitrogen and oxygen atoms in total. The summed E-state index contributed by atoms with van der Waals surface area (Å²) in [6.07, 6.45) is 9.26. The summed E-state index contributed by atoms with van der Waals surface area (Å²) < 4.78 is 0. The predicted molar refractivity (Wildman–Crippen MR) is 75.8 cm³/mol. The van der Waals surface area contributed by atoms with E-state index in [-0.39, 0.29) is 0 Å². The van der Waals surface area contributed by atoms with Crippen LogP contribution in [0.25, 0.3) is 0 Å². The molecule has 0 aromatic rings. The molecule has 0 heterocycles. The largest absolute Gasteiger partial charge is 0.330 e. The maximum atomic E-state index is 5.41. The molecule has 0 fully saturated rings. The maximum Gasteiger partial charge on any atom is -0.00546 e. The molecule has 0 saturated heterocycles. The summed E-state index contributed by atoms with van der Waals surface area (Å²) in [5.74, 6) is 0.918. The van der Waals surface area contributed by atoms with Crippen LogP contribution in [0.1, 0.15) is 65.7 Å². The SMILES string of the molecule is CCCCC(C)CCCCN.CCCNC. The molecular formula is C14H34N2. The van der Waals surface area contributed by atoms with Crippen molar-refractivity contribution in [3.8, 4) is 0 Å². The van der Waals surface area contributed by atoms with E-state index in [4.69, 9.17) is 5.73 Å². The van der Waals surface area contributed by atoms with Crippen LogP contribution in [0.3, 0.4) is 0 Å². The fourth-order valence-corrected chi connectivity index (χ4v) is 1.58. The third-order valence-electron chi connectivity index (χ3n) is 2.70. The van der Waals surface area contributed by atoms with Gasteiger partial charge in [0, 0.05) is 0 Å². The zero-order chi connectivity index (χ0) is 12.6. The molecule has 100 valence electrons. The van der Waals surface area contributed by atoms with Crippen molar-refractivity contribution < 1.29 is 0 Å². The van der Waals surface area contributed by atoms with E-state index in [9.17, 15) is 0 Å². The molecule has 0 bridgehead atoms. The van der Waals surface area contributed by atoms with Gasteiger partial charge in [0.15, 0.2) is 0 Å². The fourth-order valence-electron chi connectivity index (χ4n) is 1.58. The first-order chi connectivity index (χ1) is 7.72. The Hall–Kier alpha value is -0.0800. The van der Waals surface area contributed by atoms with E-state index < -0.39 is 0 Å². The van der Waals surface area contributed by atoms with E-state index in [0.717, 1.165) is 19.0 Å². The van der Waals surface area contributed by atoms with Crippen LogP contribution >= 0.6 is 0 Å². The van der Waals surface area contributed by atoms with Crippen molar-refractivity contribution >= 4 is 0 Å². The second kappa shape index (κ2) is 17.3. The molecule has 0 aliphatic rings. The lowest BCUT2D eigenvalue weighted by Gasteiger charge is -2.09. The highest BCUT2D eigenvalue weighted by Gasteiger charge is 1.99. The van der Waals surface area contributed by atoms with E-state index in [1.165, 1.54) is 44.9 Å². The Balaban J connectivity index is 0. The smallest absolute Gasteiger partial charge is 0.00546 e. The normalized spacial score (nSPS) is 11.8. The molecule has 3 N–H and O–H groups in total. The lowest BCUT2D eigenvalue weighted by Crippen LogP contribution is -2.04. The monoisotopic (exact) mass is 230 g/mol. The minimum Gasteiger partial charge on any atom is -0.330 e. The van der Waals surface area contributed by atoms with Crippen LogP contribution in [0.4, 0.5) is 0 Å². The molecule has 0 saturated carbocycles. The molecule has 0 spiro atoms. The number of nitrogens with one attached hydrogen (secondary N) is 1. The summed E-state index contributed by atoms with van der Waals surface area (Å²) in [4.78, 5) is 0. The van der Waals surface area contributed by atoms with Gasteiger partial charge in [-0.05, 0) is 38.9 Å². The zero-order valence-corrected chi connectivity index (χ0v) is 12.0. The number of nitrogens with two attached hydrogens (primary N) is 1. The second-order valence-electron chi connectivity index (χ2n) is 4.64. The van der Waals surface area contributed by atoms with Crippen LogP contribution in [0.5, 0.6) is 0 Å². The van der Waals surface area contributed by atoms with Gasteiger partial charge in [0.05, 0.1) is 0 Å². The van der Waals surface area contributed by atoms with Crippen molar-refractivity contribution in [2.75, 3.05) is 20.1 Å². The standard InChI is InChI=1S/C10H23N.C4H11N/c1-3-4-7-10(2)8-5-6-9-11;1-3-4-5-2/h10H,3-9,11H2,1-2H3;5H,3-4H2,1-2H3. The molecule has 0 aliphatic carbocycles. The predicted octanol–water partition coefficient (Wildman–Crippen LogP) is 3.56. The number of unbranched alkanes of at least 4 members (excludes halogenated alkanes) is 2. The molecule has 0 radical (unpaired) electrons. The fraction of sp³-hybridized carbons (Fsp3) is 1.00. The van der Waals surface area contributed by atoms with Gasteiger partial charge >= 0.3 is 0 Å². The van der Waals surface area contributed by atoms with Gasteiger partial charge < -0.3 is 11.1 Å². The Kier molecular flexibility index (Phi) is 19.8. The highest BCUT2D eigenvalue weighted by atomic mass is 14.8. The van der Waals surface area contributed by atoms with Crippen LogP contribution in [-0.2, 0) is 0 Å². The Morgan fingerprint density at radius 1 is 1.00 bits per heavy atom. The van der Waals surface area contributed by atoms with E-state index in [0.29, 0.717) is 0 Å². The summed E-state index contributed by atoms with van der Waals surface area (Å²) in [5.41, 5.74) is 5.41. The van der Waals surface area contributed by atoms with Gasteiger partial charge in [-0.2, -0.15) is 0 Å². The number of hydrogen-bond donors (Lipinski definition) is 2. The summed E-state index contributed by atoms with van der Waals surface area (Å²) in [6.45, 7) is 8.76. The van der Waals surface area contributed by atoms with Crippen LogP contribution in [0, 0.1) is 5.92 Å². The first-order valence-electron chi connectivity index (χ1n) is 7.07. The van der Waals surface area contributed by atoms with Crippen molar-refractivity contribution in [3.05, 3.63) is 0 Å². The van der Waals surface area contributed by atoms with Crippen LogP contribution in [-0.4, -0.2) is 20.1 Å². The minimum absolute atomic E-state index is 0.862. The lowest BCUT2D eigenvalue weighted by molar-refractivity contribution is 0.451. The molecule has 0 aliphatic heterocycles. The molecule has 16 heavy (non-hydrogen) atoms. The molecule has 1 atom stereocenters. The summed E-state index contributed by atoms with van der Waals surface area (Å²) >= 11 is 0. The first kappa shape index (κ1) is 18.3. The van der Waals surface area contributed by atoms with E-state index >= 15 is 0 Å². The van der Waals surface area contributed by atoms with E-state index in [1.54, 1.807) is 0 Å². The van der Waals surface area contributed by atoms with Gasteiger partial charge in [0.1, 0.15) is 0 Å². The van der Waals surface area contributed by atoms with Gasteiger partial charge in [0.25, 0.3) is 0 Å². The van der Waals surface area contributed by atoms with Crippen molar-refractivity contribution in [2.45, 2.75) is 65.7 Å². The van der Waals surface area contributed by atoms with Crippen LogP contribution < -0.4 is 11.1 Å². The Labute approximate surface area is 103 Å². The maximum absolute atomic E-state index is 5.41. The molecule has 0 amide bonds. The summed E-state index contributed by atoms with van der Waals surface area (Å²) in [5, 5.41) is 3.02. The minimum atomic E-state index is 0.862. The average molecular weight is 230 g/mol. The topological polar surface area (TPSA) is 38.0 Å². The van der Waals surface area contributed by atoms with Crippen LogP contribution in [0.2, 0.25) is 0 Å². The van der Waals surface area contributed by atoms with Gasteiger partial charge in [-0.15, -0.1) is 0 Å². The lowest BCUT2D eigenvalue weighted by atomic mass is 9.98. The molecule has 2 heteroatoms. The Morgan fingerprint density at radius 2 is 1.62 bits per heavy atom. The highest BCUT2D eigenvalue weighted by molar-refractivity contribution is 4.53. The molecule has 0 aromatic carbocycles. The van der Waals surface area contributed by atoms with E-state index in [2.05, 4.69) is 26.1 Å². The van der Waals surface area contributed by atoms with Crippen molar-refractivity contribution in [1.82, 2.24) is 5.32 Å². The van der Waals surface area contributed by atoms with Gasteiger partial charge in [-0.1, -0.05) is 52.9 Å². The quantitative estimate of drug-likeness (QED) is 0.594. The van der Waals surface area contributed by atoms with Gasteiger partial charge in [-0.3, -0.25) is 0 Å². The highest BCUT2D eigenvalue weighted by Crippen LogP contribution is 2.14. The van der Waals surface area contributed by atoms with Crippen LogP contribution in [0.15, 0.2) is 0 Å². The third-order valence-corrected chi connectivity index (χ3v) is 2.70. The van der Waals surface area contributed by atoms with Crippen molar-refractivity contribution in [1.29, 1.82) is 0 Å². The molecule has 1 unspecified atom stereocenters. The third kappa shape index (κ3) is 19.5. The van der Waals surface area contributed by atoms with Crippen molar-refractivity contribution in [2.24, 2.45) is 11.7 Å². The van der Waals surface area contributed by atoms with Gasteiger partial charge in [-0.25, -0.2) is 0 Å². The van der Waals surface area contributed by atoms with E-state index in [1.807, 2.05) is 7.05 Å². The number of rotatable bonds is 9. The zero-order valence-electron chi connectivity index (χ0n) is 12.0. The molecule has 0 aromatic heterocycles. The summed E-state index contributed by atoms with van der Waals surface area (Å²) in [6, 6.07) is 0. The van der Waals surface area contributed by atoms with Gasteiger partial charge in [0.2, 0.25) is 0 Å². The molecular weight excluding hydrogens is 196 g/mol.